The number of ether oxygens (including phenoxy) is 8. The third kappa shape index (κ3) is 31.6. The molecule has 10 N–H and O–H groups in total. The van der Waals surface area contributed by atoms with Gasteiger partial charge in [0.05, 0.1) is 86.5 Å². The molecule has 0 aromatic carbocycles. The summed E-state index contributed by atoms with van der Waals surface area (Å²) in [5, 5.41) is 106. The van der Waals surface area contributed by atoms with Crippen molar-refractivity contribution in [2.45, 2.75) is 348 Å². The van der Waals surface area contributed by atoms with Gasteiger partial charge in [0.1, 0.15) is 66.5 Å². The molecule has 0 amide bonds. The predicted molar refractivity (Wildman–Crippen MR) is 353 cm³/mol. The van der Waals surface area contributed by atoms with Crippen LogP contribution in [0.3, 0.4) is 0 Å². The minimum absolute atomic E-state index is 0. The van der Waals surface area contributed by atoms with Gasteiger partial charge in [-0.3, -0.25) is 13.8 Å². The molecule has 26 heteroatoms. The van der Waals surface area contributed by atoms with E-state index in [4.69, 9.17) is 37.9 Å². The maximum atomic E-state index is 13.5. The summed E-state index contributed by atoms with van der Waals surface area (Å²) in [6, 6.07) is 0. The molecule has 6 aliphatic heterocycles. The number of Topliss-reactive ketones (excluding diaryl/α,β-unsaturated/α-hetero) is 2. The van der Waals surface area contributed by atoms with E-state index >= 15 is 0 Å². The van der Waals surface area contributed by atoms with Gasteiger partial charge in [0.25, 0.3) is 0 Å². The Bertz CT molecular complexity index is 2490. The van der Waals surface area contributed by atoms with E-state index in [0.717, 1.165) is 103 Å². The van der Waals surface area contributed by atoms with Crippen LogP contribution in [0.5, 0.6) is 0 Å². The number of hydrogen-bond acceptors (Lipinski definition) is 24. The Morgan fingerprint density at radius 2 is 1.28 bits per heavy atom. The summed E-state index contributed by atoms with van der Waals surface area (Å²) in [4.78, 5) is 26.7. The van der Waals surface area contributed by atoms with Gasteiger partial charge in [0, 0.05) is 44.9 Å². The fourth-order valence-electron chi connectivity index (χ4n) is 13.5. The molecule has 5 unspecified atom stereocenters. The van der Waals surface area contributed by atoms with Crippen LogP contribution in [0.4, 0.5) is 0 Å². The Balaban J connectivity index is 0.0000170. The van der Waals surface area contributed by atoms with Gasteiger partial charge in [0.15, 0.2) is 12.6 Å². The molecule has 0 aromatic heterocycles. The summed E-state index contributed by atoms with van der Waals surface area (Å²) in [7, 11) is -5.22. The number of ketones is 2. The Kier molecular flexibility index (Phi) is 39.6. The quantitative estimate of drug-likeness (QED) is 0.0104. The Morgan fingerprint density at radius 1 is 0.619 bits per heavy atom. The fourth-order valence-corrected chi connectivity index (χ4v) is 14.0. The zero-order chi connectivity index (χ0) is 69.9. The van der Waals surface area contributed by atoms with E-state index in [0.29, 0.717) is 61.9 Å². The van der Waals surface area contributed by atoms with Crippen LogP contribution in [0.25, 0.3) is 0 Å². The van der Waals surface area contributed by atoms with Crippen LogP contribution in [-0.2, 0) is 62.1 Å². The molecular weight excluding hydrogens is 1290 g/mol. The molecule has 6 aliphatic rings. The maximum absolute atomic E-state index is 13.5. The van der Waals surface area contributed by atoms with Crippen LogP contribution in [0.15, 0.2) is 61.3 Å². The molecule has 0 spiro atoms. The number of carbonyl (C=O) groups excluding carboxylic acids is 2. The number of aliphatic hydroxyl groups excluding tert-OH is 10. The van der Waals surface area contributed by atoms with E-state index in [1.807, 2.05) is 6.08 Å². The summed E-state index contributed by atoms with van der Waals surface area (Å²) >= 11 is 0. The topological polar surface area (TPSA) is 383 Å². The zero-order valence-electron chi connectivity index (χ0n) is 57.9. The second kappa shape index (κ2) is 44.8. The molecular formula is C71H117NaO24S. The SMILES string of the molecule is C=CCC[C@H]1O[C@@H]1CC(=C)CC[C@H]1O[C@@H]1CCCC/C=C/CC/C=C/CC(C)/C=C/CC(C)CCCCCCC(=O)CCCC(CC(O)CC(=O)C[C@@H]1CC[C@@H]([C@@H]2C[C@H](O)[C@H](OS(=O)(=O)[O-])[C@@H](CC(C)O)O2)O1)O[C@@H]1O[C@H](CO[C@@H]2O[C@H](CO)[C@@H](O)[C@H](O)[C@H]2O)[C@@H](O)[C@H](O)[C@H]1O.[Na+]. The Hall–Kier alpha value is -1.81. The van der Waals surface area contributed by atoms with E-state index < -0.39 is 140 Å². The first-order valence-electron chi connectivity index (χ1n) is 35.7. The van der Waals surface area contributed by atoms with Crippen LogP contribution in [0.2, 0.25) is 0 Å². The van der Waals surface area contributed by atoms with Crippen molar-refractivity contribution in [3.63, 3.8) is 0 Å². The number of aliphatic hydroxyl groups is 10. The fraction of sp³-hybridized carbons (Fsp3) is 0.831. The van der Waals surface area contributed by atoms with Gasteiger partial charge in [-0.15, -0.1) is 6.58 Å². The summed E-state index contributed by atoms with van der Waals surface area (Å²) in [5.74, 6) is 0.657. The van der Waals surface area contributed by atoms with Gasteiger partial charge in [-0.2, -0.15) is 0 Å². The number of epoxide rings is 2. The first kappa shape index (κ1) is 85.8. The van der Waals surface area contributed by atoms with E-state index in [9.17, 15) is 73.6 Å². The molecule has 6 fully saturated rings. The number of hydrogen-bond donors (Lipinski definition) is 10. The molecule has 6 rings (SSSR count). The van der Waals surface area contributed by atoms with Crippen molar-refractivity contribution in [3.05, 3.63) is 61.3 Å². The van der Waals surface area contributed by atoms with Crippen molar-refractivity contribution < 1.29 is 145 Å². The molecule has 552 valence electrons. The van der Waals surface area contributed by atoms with Crippen molar-refractivity contribution in [2.75, 3.05) is 13.2 Å². The van der Waals surface area contributed by atoms with Gasteiger partial charge < -0.3 is 93.5 Å². The molecule has 6 heterocycles. The first-order valence-corrected chi connectivity index (χ1v) is 37.0. The predicted octanol–water partition coefficient (Wildman–Crippen LogP) is 3.15. The van der Waals surface area contributed by atoms with Gasteiger partial charge in [-0.25, -0.2) is 8.42 Å². The smallest absolute Gasteiger partial charge is 0.726 e. The van der Waals surface area contributed by atoms with Gasteiger partial charge in [-0.1, -0.05) is 101 Å². The van der Waals surface area contributed by atoms with Crippen molar-refractivity contribution in [3.8, 4) is 0 Å². The summed E-state index contributed by atoms with van der Waals surface area (Å²) in [6.45, 7) is 12.7. The first-order chi connectivity index (χ1) is 45.8. The van der Waals surface area contributed by atoms with Gasteiger partial charge >= 0.3 is 29.6 Å². The third-order valence-corrected chi connectivity index (χ3v) is 19.7. The van der Waals surface area contributed by atoms with Crippen LogP contribution in [-0.4, -0.2) is 230 Å². The van der Waals surface area contributed by atoms with Crippen LogP contribution in [0, 0.1) is 11.8 Å². The number of rotatable bonds is 49. The maximum Gasteiger partial charge on any atom is 1.00 e. The standard InChI is InChI=1S/C71H118O24S.Na/c1-6-7-30-55-58(91-55)36-46(4)32-34-56-54(90-56)31-20-14-12-10-8-9-11-13-17-23-44(2)25-21-26-45(3)24-18-15-16-19-27-48(74)28-22-29-51(89-71-68(83)66(81)64(79)62(94-71)43-87-70-67(82)65(80)63(78)61(42-72)93-70)39-49(75)38-50(76)40-52-33-35-57(88-52)59-41-53(77)69(95-96(84,85)86)60(92-59)37-47(5)73;/h6,8,10,13,17,21,25,44-45,47,49,51-73,75,77-83H,1,4,7,9,11-12,14-16,18-20,22-24,26-43H2,2-3,5H3,(H,84,85,86);/q;+1/p-1/b10-8+,17-13+,25-21+;/t44?,45?,47?,49?,51?,52-,53-,54+,55+,56+,57-,58+,59-,60+,61+,62+,63+,64+,65-,66-,67+,68+,69-,70+,71+;/m0./s1. The summed E-state index contributed by atoms with van der Waals surface area (Å²) in [5.41, 5.74) is 1.28. The Labute approximate surface area is 597 Å². The van der Waals surface area contributed by atoms with E-state index in [-0.39, 0.29) is 86.1 Å². The minimum Gasteiger partial charge on any atom is -0.726 e. The third-order valence-electron chi connectivity index (χ3n) is 19.3. The molecule has 0 bridgehead atoms. The van der Waals surface area contributed by atoms with Crippen molar-refractivity contribution in [1.82, 2.24) is 0 Å². The van der Waals surface area contributed by atoms with Crippen LogP contribution < -0.4 is 29.6 Å². The molecule has 0 aliphatic carbocycles. The molecule has 0 aromatic rings. The Morgan fingerprint density at radius 3 is 2.00 bits per heavy atom. The molecule has 0 radical (unpaired) electrons. The van der Waals surface area contributed by atoms with E-state index in [2.05, 4.69) is 67.6 Å². The largest absolute Gasteiger partial charge is 1.00 e. The van der Waals surface area contributed by atoms with Crippen molar-refractivity contribution in [2.24, 2.45) is 11.8 Å². The minimum atomic E-state index is -5.22. The monoisotopic (exact) mass is 1410 g/mol. The molecule has 97 heavy (non-hydrogen) atoms. The number of carbonyl (C=O) groups is 2. The zero-order valence-corrected chi connectivity index (χ0v) is 60.7. The summed E-state index contributed by atoms with van der Waals surface area (Å²) < 4.78 is 85.7. The second-order valence-corrected chi connectivity index (χ2v) is 29.0. The van der Waals surface area contributed by atoms with Gasteiger partial charge in [0.2, 0.25) is 10.4 Å². The van der Waals surface area contributed by atoms with Gasteiger partial charge in [-0.05, 0) is 128 Å². The average Bonchev–Trinajstić information content (AvgIpc) is 1.69. The molecule has 25 atom stereocenters. The van der Waals surface area contributed by atoms with Crippen LogP contribution >= 0.6 is 0 Å². The second-order valence-electron chi connectivity index (χ2n) is 28.0. The normalized spacial score (nSPS) is 33.8. The van der Waals surface area contributed by atoms with Crippen molar-refractivity contribution >= 4 is 22.0 Å². The molecule has 24 nitrogen and oxygen atoms in total. The summed E-state index contributed by atoms with van der Waals surface area (Å²) in [6.07, 6.45) is 10.7. The molecule has 0 saturated carbocycles. The van der Waals surface area contributed by atoms with E-state index in [1.165, 1.54) is 25.3 Å². The number of unbranched alkanes of at least 4 members (excludes halogenated alkanes) is 6. The number of allylic oxidation sites excluding steroid dienone is 7. The average molecular weight is 1410 g/mol. The van der Waals surface area contributed by atoms with Crippen molar-refractivity contribution in [1.29, 1.82) is 0 Å². The molecule has 6 saturated heterocycles. The van der Waals surface area contributed by atoms with Crippen LogP contribution in [0.1, 0.15) is 207 Å². The van der Waals surface area contributed by atoms with E-state index in [1.54, 1.807) is 0 Å².